The molecule has 1 atom stereocenters. The van der Waals surface area contributed by atoms with Crippen molar-refractivity contribution in [1.82, 2.24) is 10.2 Å². The third kappa shape index (κ3) is 6.93. The second-order valence-electron chi connectivity index (χ2n) is 7.86. The van der Waals surface area contributed by atoms with Crippen LogP contribution < -0.4 is 10.1 Å². The van der Waals surface area contributed by atoms with Gasteiger partial charge in [0.2, 0.25) is 5.91 Å². The van der Waals surface area contributed by atoms with E-state index in [1.165, 1.54) is 0 Å². The molecule has 0 aromatic heterocycles. The van der Waals surface area contributed by atoms with Gasteiger partial charge in [-0.25, -0.2) is 0 Å². The number of benzene rings is 2. The Bertz CT molecular complexity index is 815. The van der Waals surface area contributed by atoms with Crippen molar-refractivity contribution >= 4 is 11.8 Å². The van der Waals surface area contributed by atoms with E-state index in [0.29, 0.717) is 24.8 Å². The third-order valence-corrected chi connectivity index (χ3v) is 4.84. The molecule has 0 radical (unpaired) electrons. The molecule has 2 rings (SSSR count). The zero-order valence-electron chi connectivity index (χ0n) is 18.1. The quantitative estimate of drug-likeness (QED) is 0.700. The number of hydrogen-bond acceptors (Lipinski definition) is 3. The number of hydrogen-bond donors (Lipinski definition) is 1. The minimum Gasteiger partial charge on any atom is -0.484 e. The summed E-state index contributed by atoms with van der Waals surface area (Å²) in [6, 6.07) is 14.9. The molecule has 2 aromatic rings. The number of rotatable bonds is 9. The van der Waals surface area contributed by atoms with Gasteiger partial charge in [-0.1, -0.05) is 55.8 Å². The van der Waals surface area contributed by atoms with Crippen molar-refractivity contribution < 1.29 is 14.3 Å². The Kier molecular flexibility index (Phi) is 8.25. The maximum Gasteiger partial charge on any atom is 0.261 e. The molecule has 0 aliphatic rings. The molecule has 0 fully saturated rings. The summed E-state index contributed by atoms with van der Waals surface area (Å²) in [5.74, 6) is 0.602. The average Bonchev–Trinajstić information content (AvgIpc) is 2.70. The van der Waals surface area contributed by atoms with Crippen LogP contribution in [0.3, 0.4) is 0 Å². The number of nitrogens with zero attached hydrogens (tertiary/aromatic N) is 1. The van der Waals surface area contributed by atoms with Gasteiger partial charge >= 0.3 is 0 Å². The van der Waals surface area contributed by atoms with Gasteiger partial charge in [-0.15, -0.1) is 0 Å². The van der Waals surface area contributed by atoms with Crippen LogP contribution in [0.1, 0.15) is 37.5 Å². The first-order valence-corrected chi connectivity index (χ1v) is 10.1. The summed E-state index contributed by atoms with van der Waals surface area (Å²) in [7, 11) is 0. The Labute approximate surface area is 174 Å². The first kappa shape index (κ1) is 22.5. The largest absolute Gasteiger partial charge is 0.484 e. The van der Waals surface area contributed by atoms with Crippen molar-refractivity contribution in [2.75, 3.05) is 13.2 Å². The van der Waals surface area contributed by atoms with Gasteiger partial charge in [-0.05, 0) is 49.9 Å². The minimum atomic E-state index is -0.595. The van der Waals surface area contributed by atoms with E-state index in [9.17, 15) is 9.59 Å². The molecule has 5 heteroatoms. The Balaban J connectivity index is 2.13. The second kappa shape index (κ2) is 10.6. The van der Waals surface area contributed by atoms with E-state index in [0.717, 1.165) is 16.7 Å². The highest BCUT2D eigenvalue weighted by Gasteiger charge is 2.26. The van der Waals surface area contributed by atoms with Gasteiger partial charge in [0.1, 0.15) is 11.8 Å². The van der Waals surface area contributed by atoms with E-state index in [1.807, 2.05) is 76.2 Å². The van der Waals surface area contributed by atoms with Crippen LogP contribution in [0.15, 0.2) is 48.5 Å². The van der Waals surface area contributed by atoms with Gasteiger partial charge in [0.15, 0.2) is 6.61 Å². The molecule has 0 bridgehead atoms. The van der Waals surface area contributed by atoms with Crippen LogP contribution in [-0.2, 0) is 16.1 Å². The highest BCUT2D eigenvalue weighted by molar-refractivity contribution is 5.88. The van der Waals surface area contributed by atoms with Gasteiger partial charge in [0, 0.05) is 13.1 Å². The standard InChI is InChI=1S/C24H32N2O3/c1-17(2)14-25-24(28)20(5)26(15-21-9-7-6-8-19(21)4)23(27)16-29-22-12-10-18(3)11-13-22/h6-13,17,20H,14-16H2,1-5H3,(H,25,28)/t20-/m1/s1. The van der Waals surface area contributed by atoms with E-state index in [1.54, 1.807) is 11.8 Å². The maximum atomic E-state index is 13.0. The van der Waals surface area contributed by atoms with E-state index >= 15 is 0 Å². The lowest BCUT2D eigenvalue weighted by Crippen LogP contribution is -2.49. The smallest absolute Gasteiger partial charge is 0.261 e. The third-order valence-electron chi connectivity index (χ3n) is 4.84. The Morgan fingerprint density at radius 3 is 2.28 bits per heavy atom. The Morgan fingerprint density at radius 1 is 1.00 bits per heavy atom. The first-order valence-electron chi connectivity index (χ1n) is 10.1. The lowest BCUT2D eigenvalue weighted by atomic mass is 10.1. The zero-order valence-corrected chi connectivity index (χ0v) is 18.1. The highest BCUT2D eigenvalue weighted by atomic mass is 16.5. The van der Waals surface area contributed by atoms with Gasteiger partial charge in [-0.3, -0.25) is 9.59 Å². The molecular formula is C24H32N2O3. The number of amides is 2. The number of nitrogens with one attached hydrogen (secondary N) is 1. The van der Waals surface area contributed by atoms with Crippen LogP contribution in [-0.4, -0.2) is 35.9 Å². The molecular weight excluding hydrogens is 364 g/mol. The predicted octanol–water partition coefficient (Wildman–Crippen LogP) is 3.87. The van der Waals surface area contributed by atoms with Crippen LogP contribution in [0.2, 0.25) is 0 Å². The fourth-order valence-corrected chi connectivity index (χ4v) is 2.87. The summed E-state index contributed by atoms with van der Waals surface area (Å²) in [5, 5.41) is 2.92. The zero-order chi connectivity index (χ0) is 21.4. The molecule has 0 heterocycles. The second-order valence-corrected chi connectivity index (χ2v) is 7.86. The molecule has 0 spiro atoms. The van der Waals surface area contributed by atoms with Crippen LogP contribution in [0, 0.1) is 19.8 Å². The molecule has 0 saturated carbocycles. The monoisotopic (exact) mass is 396 g/mol. The molecule has 0 aliphatic heterocycles. The van der Waals surface area contributed by atoms with Crippen molar-refractivity contribution in [3.63, 3.8) is 0 Å². The summed E-state index contributed by atoms with van der Waals surface area (Å²) in [6.07, 6.45) is 0. The number of carbonyl (C=O) groups excluding carboxylic acids is 2. The summed E-state index contributed by atoms with van der Waals surface area (Å²) in [6.45, 7) is 10.7. The summed E-state index contributed by atoms with van der Waals surface area (Å²) in [4.78, 5) is 27.2. The van der Waals surface area contributed by atoms with Crippen LogP contribution in [0.5, 0.6) is 5.75 Å². The van der Waals surface area contributed by atoms with Gasteiger partial charge in [-0.2, -0.15) is 0 Å². The summed E-state index contributed by atoms with van der Waals surface area (Å²) in [5.41, 5.74) is 3.22. The maximum absolute atomic E-state index is 13.0. The van der Waals surface area contributed by atoms with E-state index in [4.69, 9.17) is 4.74 Å². The lowest BCUT2D eigenvalue weighted by Gasteiger charge is -2.29. The lowest BCUT2D eigenvalue weighted by molar-refractivity contribution is -0.142. The van der Waals surface area contributed by atoms with Crippen molar-refractivity contribution in [3.05, 3.63) is 65.2 Å². The SMILES string of the molecule is Cc1ccc(OCC(=O)N(Cc2ccccc2C)[C@H](C)C(=O)NCC(C)C)cc1. The predicted molar refractivity (Wildman–Crippen MR) is 116 cm³/mol. The molecule has 0 saturated heterocycles. The van der Waals surface area contributed by atoms with Crippen molar-refractivity contribution in [2.24, 2.45) is 5.92 Å². The fraction of sp³-hybridized carbons (Fsp3) is 0.417. The molecule has 29 heavy (non-hydrogen) atoms. The topological polar surface area (TPSA) is 58.6 Å². The van der Waals surface area contributed by atoms with Gasteiger partial charge in [0.05, 0.1) is 0 Å². The number of aryl methyl sites for hydroxylation is 2. The van der Waals surface area contributed by atoms with Crippen LogP contribution in [0.25, 0.3) is 0 Å². The summed E-state index contributed by atoms with van der Waals surface area (Å²) >= 11 is 0. The number of carbonyl (C=O) groups is 2. The van der Waals surface area contributed by atoms with E-state index in [2.05, 4.69) is 5.32 Å². The van der Waals surface area contributed by atoms with E-state index in [-0.39, 0.29) is 18.4 Å². The molecule has 156 valence electrons. The van der Waals surface area contributed by atoms with E-state index < -0.39 is 6.04 Å². The average molecular weight is 397 g/mol. The normalized spacial score (nSPS) is 11.8. The molecule has 1 N–H and O–H groups in total. The van der Waals surface area contributed by atoms with Crippen LogP contribution >= 0.6 is 0 Å². The summed E-state index contributed by atoms with van der Waals surface area (Å²) < 4.78 is 5.68. The van der Waals surface area contributed by atoms with Gasteiger partial charge in [0.25, 0.3) is 5.91 Å². The Morgan fingerprint density at radius 2 is 1.66 bits per heavy atom. The Hall–Kier alpha value is -2.82. The first-order chi connectivity index (χ1) is 13.8. The minimum absolute atomic E-state index is 0.114. The molecule has 0 aliphatic carbocycles. The number of ether oxygens (including phenoxy) is 1. The van der Waals surface area contributed by atoms with Crippen LogP contribution in [0.4, 0.5) is 0 Å². The molecule has 0 unspecified atom stereocenters. The molecule has 5 nitrogen and oxygen atoms in total. The molecule has 2 amide bonds. The molecule has 2 aromatic carbocycles. The highest BCUT2D eigenvalue weighted by Crippen LogP contribution is 2.15. The van der Waals surface area contributed by atoms with Crippen molar-refractivity contribution in [3.8, 4) is 5.75 Å². The van der Waals surface area contributed by atoms with Gasteiger partial charge < -0.3 is 15.0 Å². The fourth-order valence-electron chi connectivity index (χ4n) is 2.87. The van der Waals surface area contributed by atoms with Crippen molar-refractivity contribution in [1.29, 1.82) is 0 Å². The van der Waals surface area contributed by atoms with Crippen molar-refractivity contribution in [2.45, 2.75) is 47.2 Å².